The summed E-state index contributed by atoms with van der Waals surface area (Å²) in [6.45, 7) is 6.27. The fourth-order valence-corrected chi connectivity index (χ4v) is 2.65. The molecule has 1 aromatic rings. The quantitative estimate of drug-likeness (QED) is 0.808. The maximum absolute atomic E-state index is 5.84. The third-order valence-electron chi connectivity index (χ3n) is 3.09. The summed E-state index contributed by atoms with van der Waals surface area (Å²) in [7, 11) is 2.17. The lowest BCUT2D eigenvalue weighted by atomic mass is 9.98. The zero-order valence-corrected chi connectivity index (χ0v) is 10.8. The van der Waals surface area contributed by atoms with Crippen LogP contribution in [0.3, 0.4) is 0 Å². The number of nitrogens with zero attached hydrogens (tertiary/aromatic N) is 1. The molecule has 0 saturated carbocycles. The molecule has 0 aliphatic heterocycles. The first-order valence-corrected chi connectivity index (χ1v) is 6.49. The summed E-state index contributed by atoms with van der Waals surface area (Å²) in [4.78, 5) is 3.79. The molecule has 0 fully saturated rings. The third-order valence-corrected chi connectivity index (χ3v) is 3.95. The molecule has 0 radical (unpaired) electrons. The number of nitrogens with two attached hydrogens (primary N) is 1. The predicted molar refractivity (Wildman–Crippen MR) is 68.1 cm³/mol. The third kappa shape index (κ3) is 3.59. The van der Waals surface area contributed by atoms with Crippen molar-refractivity contribution in [3.63, 3.8) is 0 Å². The van der Waals surface area contributed by atoms with Gasteiger partial charge in [0.25, 0.3) is 0 Å². The van der Waals surface area contributed by atoms with Gasteiger partial charge in [0, 0.05) is 24.0 Å². The van der Waals surface area contributed by atoms with Crippen LogP contribution < -0.4 is 5.73 Å². The Morgan fingerprint density at radius 2 is 2.27 bits per heavy atom. The molecule has 2 unspecified atom stereocenters. The molecular weight excluding hydrogens is 204 g/mol. The first-order chi connectivity index (χ1) is 7.19. The van der Waals surface area contributed by atoms with Crippen LogP contribution in [0.15, 0.2) is 17.5 Å². The summed E-state index contributed by atoms with van der Waals surface area (Å²) in [5, 5.41) is 2.13. The topological polar surface area (TPSA) is 29.3 Å². The normalized spacial score (nSPS) is 15.5. The number of rotatable bonds is 6. The second-order valence-corrected chi connectivity index (χ2v) is 5.22. The maximum Gasteiger partial charge on any atom is 0.0328 e. The van der Waals surface area contributed by atoms with Gasteiger partial charge in [0.15, 0.2) is 0 Å². The Bertz CT molecular complexity index is 259. The van der Waals surface area contributed by atoms with Crippen LogP contribution >= 0.6 is 11.3 Å². The number of likely N-dealkylation sites (N-methyl/N-ethyl adjacent to an activating group) is 1. The van der Waals surface area contributed by atoms with E-state index in [0.29, 0.717) is 12.0 Å². The molecule has 0 aliphatic rings. The number of thiophene rings is 1. The monoisotopic (exact) mass is 226 g/mol. The van der Waals surface area contributed by atoms with Crippen LogP contribution in [-0.4, -0.2) is 24.5 Å². The summed E-state index contributed by atoms with van der Waals surface area (Å²) < 4.78 is 0. The van der Waals surface area contributed by atoms with Crippen LogP contribution in [0, 0.1) is 5.92 Å². The van der Waals surface area contributed by atoms with E-state index >= 15 is 0 Å². The van der Waals surface area contributed by atoms with E-state index in [-0.39, 0.29) is 0 Å². The number of hydrogen-bond acceptors (Lipinski definition) is 3. The zero-order valence-electron chi connectivity index (χ0n) is 9.94. The van der Waals surface area contributed by atoms with Crippen LogP contribution in [0.25, 0.3) is 0 Å². The molecule has 0 saturated heterocycles. The van der Waals surface area contributed by atoms with Crippen molar-refractivity contribution in [2.24, 2.45) is 11.7 Å². The van der Waals surface area contributed by atoms with E-state index in [1.54, 1.807) is 0 Å². The highest BCUT2D eigenvalue weighted by atomic mass is 32.1. The van der Waals surface area contributed by atoms with Crippen LogP contribution in [0.4, 0.5) is 0 Å². The minimum atomic E-state index is 0.497. The number of hydrogen-bond donors (Lipinski definition) is 1. The largest absolute Gasteiger partial charge is 0.329 e. The molecule has 2 atom stereocenters. The Morgan fingerprint density at radius 1 is 1.53 bits per heavy atom. The van der Waals surface area contributed by atoms with E-state index in [9.17, 15) is 0 Å². The van der Waals surface area contributed by atoms with Crippen molar-refractivity contribution >= 4 is 11.3 Å². The van der Waals surface area contributed by atoms with Crippen molar-refractivity contribution < 1.29 is 0 Å². The van der Waals surface area contributed by atoms with Crippen LogP contribution in [0.2, 0.25) is 0 Å². The highest BCUT2D eigenvalue weighted by molar-refractivity contribution is 7.09. The highest BCUT2D eigenvalue weighted by Gasteiger charge is 2.19. The van der Waals surface area contributed by atoms with Crippen molar-refractivity contribution in [2.75, 3.05) is 13.6 Å². The lowest BCUT2D eigenvalue weighted by Crippen LogP contribution is -2.41. The Hall–Kier alpha value is -0.380. The molecule has 2 N–H and O–H groups in total. The van der Waals surface area contributed by atoms with Crippen LogP contribution in [-0.2, 0) is 6.54 Å². The lowest BCUT2D eigenvalue weighted by Gasteiger charge is -2.31. The fourth-order valence-electron chi connectivity index (χ4n) is 1.88. The smallest absolute Gasteiger partial charge is 0.0328 e. The van der Waals surface area contributed by atoms with Gasteiger partial charge in [-0.1, -0.05) is 26.3 Å². The summed E-state index contributed by atoms with van der Waals surface area (Å²) in [5.74, 6) is 0.667. The predicted octanol–water partition coefficient (Wildman–Crippen LogP) is 2.55. The maximum atomic E-state index is 5.84. The van der Waals surface area contributed by atoms with Crippen molar-refractivity contribution in [3.8, 4) is 0 Å². The van der Waals surface area contributed by atoms with Gasteiger partial charge in [-0.3, -0.25) is 4.90 Å². The van der Waals surface area contributed by atoms with E-state index in [0.717, 1.165) is 13.1 Å². The Balaban J connectivity index is 2.53. The van der Waals surface area contributed by atoms with E-state index in [4.69, 9.17) is 5.73 Å². The molecule has 1 rings (SSSR count). The molecule has 0 spiro atoms. The van der Waals surface area contributed by atoms with E-state index < -0.39 is 0 Å². The average molecular weight is 226 g/mol. The Kier molecular flexibility index (Phi) is 5.29. The average Bonchev–Trinajstić information content (AvgIpc) is 2.71. The fraction of sp³-hybridized carbons (Fsp3) is 0.667. The minimum absolute atomic E-state index is 0.497. The van der Waals surface area contributed by atoms with Gasteiger partial charge in [0.2, 0.25) is 0 Å². The van der Waals surface area contributed by atoms with E-state index in [1.165, 1.54) is 11.3 Å². The van der Waals surface area contributed by atoms with Gasteiger partial charge < -0.3 is 5.73 Å². The molecular formula is C12H22N2S. The van der Waals surface area contributed by atoms with Gasteiger partial charge in [0.1, 0.15) is 0 Å². The molecule has 3 heteroatoms. The van der Waals surface area contributed by atoms with Crippen molar-refractivity contribution in [1.29, 1.82) is 0 Å². The van der Waals surface area contributed by atoms with Gasteiger partial charge in [0.05, 0.1) is 0 Å². The van der Waals surface area contributed by atoms with E-state index in [2.05, 4.69) is 43.3 Å². The molecule has 0 bridgehead atoms. The summed E-state index contributed by atoms with van der Waals surface area (Å²) in [6.07, 6.45) is 1.19. The highest BCUT2D eigenvalue weighted by Crippen LogP contribution is 2.17. The molecule has 0 aromatic carbocycles. The zero-order chi connectivity index (χ0) is 11.3. The van der Waals surface area contributed by atoms with Gasteiger partial charge in [-0.15, -0.1) is 11.3 Å². The molecule has 0 amide bonds. The van der Waals surface area contributed by atoms with Crippen molar-refractivity contribution in [1.82, 2.24) is 4.90 Å². The minimum Gasteiger partial charge on any atom is -0.329 e. The molecule has 1 heterocycles. The van der Waals surface area contributed by atoms with Gasteiger partial charge in [-0.2, -0.15) is 0 Å². The first-order valence-electron chi connectivity index (χ1n) is 5.61. The van der Waals surface area contributed by atoms with Gasteiger partial charge in [-0.25, -0.2) is 0 Å². The second kappa shape index (κ2) is 6.26. The van der Waals surface area contributed by atoms with Crippen molar-refractivity contribution in [2.45, 2.75) is 32.9 Å². The van der Waals surface area contributed by atoms with Gasteiger partial charge in [-0.05, 0) is 24.4 Å². The first kappa shape index (κ1) is 12.7. The molecule has 1 aromatic heterocycles. The molecule has 86 valence electrons. The molecule has 0 aliphatic carbocycles. The summed E-state index contributed by atoms with van der Waals surface area (Å²) >= 11 is 1.82. The molecule has 2 nitrogen and oxygen atoms in total. The lowest BCUT2D eigenvalue weighted by molar-refractivity contribution is 0.179. The van der Waals surface area contributed by atoms with Crippen LogP contribution in [0.5, 0.6) is 0 Å². The Labute approximate surface area is 97.1 Å². The second-order valence-electron chi connectivity index (χ2n) is 4.18. The molecule has 15 heavy (non-hydrogen) atoms. The van der Waals surface area contributed by atoms with Gasteiger partial charge >= 0.3 is 0 Å². The SMILES string of the molecule is CCC(C)C(CN)N(C)Cc1cccs1. The van der Waals surface area contributed by atoms with Crippen molar-refractivity contribution in [3.05, 3.63) is 22.4 Å². The van der Waals surface area contributed by atoms with E-state index in [1.807, 2.05) is 11.3 Å². The Morgan fingerprint density at radius 3 is 2.73 bits per heavy atom. The summed E-state index contributed by atoms with van der Waals surface area (Å²) in [6, 6.07) is 4.79. The standard InChI is InChI=1S/C12H22N2S/c1-4-10(2)12(8-13)14(3)9-11-6-5-7-15-11/h5-7,10,12H,4,8-9,13H2,1-3H3. The summed E-state index contributed by atoms with van der Waals surface area (Å²) in [5.41, 5.74) is 5.84. The van der Waals surface area contributed by atoms with Crippen LogP contribution in [0.1, 0.15) is 25.1 Å².